The molecule has 1 amide bonds. The molecule has 0 N–H and O–H groups in total. The summed E-state index contributed by atoms with van der Waals surface area (Å²) in [5, 5.41) is 0. The average Bonchev–Trinajstić information content (AvgIpc) is 2.22. The normalized spacial score (nSPS) is 9.80. The molecule has 0 aromatic carbocycles. The molecule has 4 heteroatoms. The van der Waals surface area contributed by atoms with Crippen molar-refractivity contribution in [2.45, 2.75) is 40.0 Å². The minimum absolute atomic E-state index is 0.0346. The van der Waals surface area contributed by atoms with E-state index in [0.717, 1.165) is 12.8 Å². The lowest BCUT2D eigenvalue weighted by Gasteiger charge is -2.19. The van der Waals surface area contributed by atoms with E-state index in [1.165, 1.54) is 4.90 Å². The number of hydrogen-bond acceptors (Lipinski definition) is 3. The van der Waals surface area contributed by atoms with Gasteiger partial charge in [0.1, 0.15) is 6.54 Å². The standard InChI is InChI=1S/C11H21NO3/c1-4-7-8-10(13)12(5-2)9-11(14)15-6-3/h4-9H2,1-3H3. The summed E-state index contributed by atoms with van der Waals surface area (Å²) >= 11 is 0. The van der Waals surface area contributed by atoms with Gasteiger partial charge in [0, 0.05) is 13.0 Å². The molecule has 88 valence electrons. The zero-order valence-corrected chi connectivity index (χ0v) is 9.91. The highest BCUT2D eigenvalue weighted by atomic mass is 16.5. The van der Waals surface area contributed by atoms with Gasteiger partial charge in [-0.25, -0.2) is 0 Å². The van der Waals surface area contributed by atoms with Crippen LogP contribution in [0.3, 0.4) is 0 Å². The van der Waals surface area contributed by atoms with E-state index in [9.17, 15) is 9.59 Å². The number of likely N-dealkylation sites (N-methyl/N-ethyl adjacent to an activating group) is 1. The molecular weight excluding hydrogens is 194 g/mol. The Bertz CT molecular complexity index is 204. The van der Waals surface area contributed by atoms with Gasteiger partial charge in [0.25, 0.3) is 0 Å². The molecule has 15 heavy (non-hydrogen) atoms. The van der Waals surface area contributed by atoms with Crippen molar-refractivity contribution in [3.05, 3.63) is 0 Å². The van der Waals surface area contributed by atoms with Gasteiger partial charge >= 0.3 is 5.97 Å². The number of carbonyl (C=O) groups excluding carboxylic acids is 2. The molecule has 0 heterocycles. The van der Waals surface area contributed by atoms with Gasteiger partial charge in [0.05, 0.1) is 6.61 Å². The summed E-state index contributed by atoms with van der Waals surface area (Å²) in [6.07, 6.45) is 2.38. The topological polar surface area (TPSA) is 46.6 Å². The lowest BCUT2D eigenvalue weighted by atomic mass is 10.2. The molecule has 0 fully saturated rings. The second kappa shape index (κ2) is 8.26. The Kier molecular flexibility index (Phi) is 7.68. The van der Waals surface area contributed by atoms with Gasteiger partial charge in [-0.2, -0.15) is 0 Å². The molecule has 0 atom stereocenters. The number of hydrogen-bond donors (Lipinski definition) is 0. The van der Waals surface area contributed by atoms with Crippen molar-refractivity contribution in [2.75, 3.05) is 19.7 Å². The minimum Gasteiger partial charge on any atom is -0.465 e. The summed E-state index contributed by atoms with van der Waals surface area (Å²) in [6.45, 7) is 6.65. The lowest BCUT2D eigenvalue weighted by molar-refractivity contribution is -0.148. The number of unbranched alkanes of at least 4 members (excludes halogenated alkanes) is 1. The first-order valence-electron chi connectivity index (χ1n) is 5.59. The molecule has 0 saturated heterocycles. The van der Waals surface area contributed by atoms with Crippen LogP contribution in [-0.4, -0.2) is 36.5 Å². The SMILES string of the molecule is CCCCC(=O)N(CC)CC(=O)OCC. The Balaban J connectivity index is 4.00. The molecule has 0 spiro atoms. The van der Waals surface area contributed by atoms with Crippen LogP contribution < -0.4 is 0 Å². The van der Waals surface area contributed by atoms with Gasteiger partial charge in [0.15, 0.2) is 0 Å². The van der Waals surface area contributed by atoms with Crippen molar-refractivity contribution in [2.24, 2.45) is 0 Å². The maximum Gasteiger partial charge on any atom is 0.325 e. The third-order valence-corrected chi connectivity index (χ3v) is 2.10. The van der Waals surface area contributed by atoms with Crippen LogP contribution in [0.1, 0.15) is 40.0 Å². The predicted octanol–water partition coefficient (Wildman–Crippen LogP) is 1.59. The number of nitrogens with zero attached hydrogens (tertiary/aromatic N) is 1. The molecule has 0 saturated carbocycles. The van der Waals surface area contributed by atoms with Crippen LogP contribution in [-0.2, 0) is 14.3 Å². The molecule has 0 aromatic heterocycles. The summed E-state index contributed by atoms with van der Waals surface area (Å²) in [5.74, 6) is -0.295. The van der Waals surface area contributed by atoms with E-state index < -0.39 is 0 Å². The van der Waals surface area contributed by atoms with Gasteiger partial charge in [0.2, 0.25) is 5.91 Å². The highest BCUT2D eigenvalue weighted by molar-refractivity contribution is 5.82. The molecule has 0 aliphatic carbocycles. The second-order valence-electron chi connectivity index (χ2n) is 3.32. The fourth-order valence-corrected chi connectivity index (χ4v) is 1.22. The van der Waals surface area contributed by atoms with Gasteiger partial charge in [-0.05, 0) is 20.3 Å². The Morgan fingerprint density at radius 1 is 1.20 bits per heavy atom. The maximum absolute atomic E-state index is 11.6. The largest absolute Gasteiger partial charge is 0.465 e. The highest BCUT2D eigenvalue weighted by Gasteiger charge is 2.15. The quantitative estimate of drug-likeness (QED) is 0.606. The van der Waals surface area contributed by atoms with E-state index in [-0.39, 0.29) is 18.4 Å². The van der Waals surface area contributed by atoms with Crippen molar-refractivity contribution >= 4 is 11.9 Å². The molecular formula is C11H21NO3. The van der Waals surface area contributed by atoms with Gasteiger partial charge < -0.3 is 9.64 Å². The molecule has 4 nitrogen and oxygen atoms in total. The van der Waals surface area contributed by atoms with Crippen LogP contribution in [0, 0.1) is 0 Å². The highest BCUT2D eigenvalue weighted by Crippen LogP contribution is 2.00. The van der Waals surface area contributed by atoms with Crippen molar-refractivity contribution in [3.63, 3.8) is 0 Å². The summed E-state index contributed by atoms with van der Waals surface area (Å²) in [6, 6.07) is 0. The number of rotatable bonds is 7. The Hall–Kier alpha value is -1.06. The molecule has 0 aliphatic heterocycles. The van der Waals surface area contributed by atoms with Crippen LogP contribution in [0.5, 0.6) is 0 Å². The predicted molar refractivity (Wildman–Crippen MR) is 58.4 cm³/mol. The van der Waals surface area contributed by atoms with Crippen molar-refractivity contribution in [1.82, 2.24) is 4.90 Å². The van der Waals surface area contributed by atoms with Crippen molar-refractivity contribution < 1.29 is 14.3 Å². The van der Waals surface area contributed by atoms with E-state index in [0.29, 0.717) is 19.6 Å². The third-order valence-electron chi connectivity index (χ3n) is 2.10. The first-order chi connectivity index (χ1) is 7.15. The minimum atomic E-state index is -0.329. The zero-order valence-electron chi connectivity index (χ0n) is 9.91. The molecule has 0 rings (SSSR count). The smallest absolute Gasteiger partial charge is 0.325 e. The van der Waals surface area contributed by atoms with Crippen molar-refractivity contribution in [1.29, 1.82) is 0 Å². The van der Waals surface area contributed by atoms with Gasteiger partial charge in [-0.15, -0.1) is 0 Å². The fraction of sp³-hybridized carbons (Fsp3) is 0.818. The van der Waals surface area contributed by atoms with Gasteiger partial charge in [-0.1, -0.05) is 13.3 Å². The van der Waals surface area contributed by atoms with Crippen LogP contribution in [0.2, 0.25) is 0 Å². The molecule has 0 bridgehead atoms. The van der Waals surface area contributed by atoms with Crippen LogP contribution >= 0.6 is 0 Å². The van der Waals surface area contributed by atoms with Crippen LogP contribution in [0.25, 0.3) is 0 Å². The van der Waals surface area contributed by atoms with E-state index in [4.69, 9.17) is 4.74 Å². The molecule has 0 unspecified atom stereocenters. The first-order valence-corrected chi connectivity index (χ1v) is 5.59. The monoisotopic (exact) mass is 215 g/mol. The number of carbonyl (C=O) groups is 2. The maximum atomic E-state index is 11.6. The molecule has 0 aliphatic rings. The summed E-state index contributed by atoms with van der Waals surface area (Å²) in [7, 11) is 0. The first kappa shape index (κ1) is 13.9. The van der Waals surface area contributed by atoms with Crippen molar-refractivity contribution in [3.8, 4) is 0 Å². The van der Waals surface area contributed by atoms with E-state index >= 15 is 0 Å². The van der Waals surface area contributed by atoms with Crippen LogP contribution in [0.15, 0.2) is 0 Å². The number of ether oxygens (including phenoxy) is 1. The fourth-order valence-electron chi connectivity index (χ4n) is 1.22. The molecule has 0 aromatic rings. The molecule has 0 radical (unpaired) electrons. The Labute approximate surface area is 91.6 Å². The Morgan fingerprint density at radius 3 is 2.33 bits per heavy atom. The van der Waals surface area contributed by atoms with Crippen LogP contribution in [0.4, 0.5) is 0 Å². The second-order valence-corrected chi connectivity index (χ2v) is 3.32. The zero-order chi connectivity index (χ0) is 11.7. The van der Waals surface area contributed by atoms with E-state index in [1.807, 2.05) is 13.8 Å². The number of esters is 1. The average molecular weight is 215 g/mol. The number of amides is 1. The third kappa shape index (κ3) is 6.10. The van der Waals surface area contributed by atoms with E-state index in [1.54, 1.807) is 6.92 Å². The van der Waals surface area contributed by atoms with E-state index in [2.05, 4.69) is 0 Å². The lowest BCUT2D eigenvalue weighted by Crippen LogP contribution is -2.36. The summed E-state index contributed by atoms with van der Waals surface area (Å²) in [4.78, 5) is 24.3. The Morgan fingerprint density at radius 2 is 1.87 bits per heavy atom. The van der Waals surface area contributed by atoms with Gasteiger partial charge in [-0.3, -0.25) is 9.59 Å². The summed E-state index contributed by atoms with van der Waals surface area (Å²) in [5.41, 5.74) is 0. The summed E-state index contributed by atoms with van der Waals surface area (Å²) < 4.78 is 4.80.